The molecule has 0 bridgehead atoms. The summed E-state index contributed by atoms with van der Waals surface area (Å²) in [5, 5.41) is 7.81. The molecule has 3 aromatic rings. The molecule has 0 radical (unpaired) electrons. The summed E-state index contributed by atoms with van der Waals surface area (Å²) in [7, 11) is 0. The van der Waals surface area contributed by atoms with Crippen LogP contribution in [0.25, 0.3) is 10.9 Å². The molecule has 1 atom stereocenters. The van der Waals surface area contributed by atoms with Crippen molar-refractivity contribution in [3.63, 3.8) is 0 Å². The first-order valence-electron chi connectivity index (χ1n) is 7.57. The van der Waals surface area contributed by atoms with E-state index in [9.17, 15) is 4.79 Å². The molecule has 6 heteroatoms. The maximum absolute atomic E-state index is 13.1. The van der Waals surface area contributed by atoms with Crippen LogP contribution < -0.4 is 0 Å². The minimum absolute atomic E-state index is 0.0158. The summed E-state index contributed by atoms with van der Waals surface area (Å²) < 4.78 is 0. The zero-order valence-electron chi connectivity index (χ0n) is 12.1. The number of hydrogen-bond acceptors (Lipinski definition) is 3. The average Bonchev–Trinajstić information content (AvgIpc) is 3.25. The first kappa shape index (κ1) is 13.1. The van der Waals surface area contributed by atoms with Crippen molar-refractivity contribution >= 4 is 16.8 Å². The van der Waals surface area contributed by atoms with Crippen LogP contribution in [0.1, 0.15) is 41.5 Å². The molecule has 2 aromatic heterocycles. The van der Waals surface area contributed by atoms with E-state index in [1.807, 2.05) is 35.4 Å². The number of benzene rings is 1. The molecule has 0 unspecified atom stereocenters. The monoisotopic (exact) mass is 295 g/mol. The molecule has 0 aliphatic carbocycles. The second-order valence-electron chi connectivity index (χ2n) is 5.63. The van der Waals surface area contributed by atoms with Gasteiger partial charge in [0.25, 0.3) is 5.91 Å². The topological polar surface area (TPSA) is 77.7 Å². The van der Waals surface area contributed by atoms with Crippen molar-refractivity contribution in [1.82, 2.24) is 25.1 Å². The number of amides is 1. The van der Waals surface area contributed by atoms with Gasteiger partial charge in [0.15, 0.2) is 0 Å². The van der Waals surface area contributed by atoms with Crippen LogP contribution in [0, 0.1) is 0 Å². The molecule has 3 heterocycles. The molecule has 2 N–H and O–H groups in total. The summed E-state index contributed by atoms with van der Waals surface area (Å²) in [5.74, 6) is 0.834. The summed E-state index contributed by atoms with van der Waals surface area (Å²) in [6, 6.07) is 7.73. The molecule has 1 amide bonds. The first-order valence-corrected chi connectivity index (χ1v) is 7.57. The Morgan fingerprint density at radius 1 is 1.27 bits per heavy atom. The molecule has 6 nitrogen and oxygen atoms in total. The molecule has 0 spiro atoms. The Labute approximate surface area is 127 Å². The Balaban J connectivity index is 1.72. The van der Waals surface area contributed by atoms with Crippen molar-refractivity contribution in [2.45, 2.75) is 25.3 Å². The lowest BCUT2D eigenvalue weighted by molar-refractivity contribution is 0.0602. The van der Waals surface area contributed by atoms with Crippen LogP contribution in [0.2, 0.25) is 0 Å². The number of carbonyl (C=O) groups is 1. The number of likely N-dealkylation sites (tertiary alicyclic amines) is 1. The largest absolute Gasteiger partial charge is 0.361 e. The van der Waals surface area contributed by atoms with Crippen molar-refractivity contribution in [1.29, 1.82) is 0 Å². The third-order valence-electron chi connectivity index (χ3n) is 4.34. The second-order valence-corrected chi connectivity index (χ2v) is 5.63. The van der Waals surface area contributed by atoms with Gasteiger partial charge in [0.05, 0.1) is 6.04 Å². The molecule has 22 heavy (non-hydrogen) atoms. The molecule has 1 aliphatic rings. The van der Waals surface area contributed by atoms with Crippen LogP contribution in [0.4, 0.5) is 0 Å². The van der Waals surface area contributed by atoms with E-state index >= 15 is 0 Å². The van der Waals surface area contributed by atoms with Crippen molar-refractivity contribution in [2.75, 3.05) is 6.54 Å². The summed E-state index contributed by atoms with van der Waals surface area (Å²) in [6.45, 7) is 0.755. The zero-order chi connectivity index (χ0) is 14.9. The van der Waals surface area contributed by atoms with Gasteiger partial charge in [-0.1, -0.05) is 6.07 Å². The van der Waals surface area contributed by atoms with Crippen LogP contribution >= 0.6 is 0 Å². The highest BCUT2D eigenvalue weighted by molar-refractivity contribution is 6.06. The van der Waals surface area contributed by atoms with Crippen LogP contribution in [-0.2, 0) is 0 Å². The van der Waals surface area contributed by atoms with Gasteiger partial charge in [0.1, 0.15) is 12.2 Å². The predicted octanol–water partition coefficient (Wildman–Crippen LogP) is 2.65. The van der Waals surface area contributed by atoms with Gasteiger partial charge >= 0.3 is 0 Å². The number of rotatable bonds is 2. The summed E-state index contributed by atoms with van der Waals surface area (Å²) in [6.07, 6.45) is 6.41. The fraction of sp³-hybridized carbons (Fsp3) is 0.312. The predicted molar refractivity (Wildman–Crippen MR) is 82.3 cm³/mol. The normalized spacial score (nSPS) is 18.7. The highest BCUT2D eigenvalue weighted by Gasteiger charge is 2.31. The summed E-state index contributed by atoms with van der Waals surface area (Å²) in [4.78, 5) is 22.4. The molecule has 0 saturated carbocycles. The van der Waals surface area contributed by atoms with Crippen LogP contribution in [0.15, 0.2) is 36.8 Å². The van der Waals surface area contributed by atoms with Gasteiger partial charge in [-0.05, 0) is 37.5 Å². The van der Waals surface area contributed by atoms with E-state index in [1.54, 1.807) is 0 Å². The lowest BCUT2D eigenvalue weighted by Crippen LogP contribution is -2.39. The third-order valence-corrected chi connectivity index (χ3v) is 4.34. The minimum Gasteiger partial charge on any atom is -0.361 e. The molecule has 1 saturated heterocycles. The number of aromatic amines is 2. The Bertz CT molecular complexity index is 792. The van der Waals surface area contributed by atoms with Gasteiger partial charge in [-0.15, -0.1) is 0 Å². The molecule has 112 valence electrons. The fourth-order valence-corrected chi connectivity index (χ4v) is 3.26. The Morgan fingerprint density at radius 3 is 3.09 bits per heavy atom. The Kier molecular flexibility index (Phi) is 3.14. The van der Waals surface area contributed by atoms with E-state index < -0.39 is 0 Å². The lowest BCUT2D eigenvalue weighted by atomic mass is 9.99. The van der Waals surface area contributed by atoms with Gasteiger partial charge in [-0.2, -0.15) is 5.10 Å². The van der Waals surface area contributed by atoms with Gasteiger partial charge in [0.2, 0.25) is 0 Å². The highest BCUT2D eigenvalue weighted by atomic mass is 16.2. The maximum Gasteiger partial charge on any atom is 0.255 e. The van der Waals surface area contributed by atoms with Gasteiger partial charge in [-0.25, -0.2) is 4.98 Å². The number of fused-ring (bicyclic) bond motifs is 1. The lowest BCUT2D eigenvalue weighted by Gasteiger charge is -2.34. The number of aromatic nitrogens is 4. The van der Waals surface area contributed by atoms with E-state index in [0.29, 0.717) is 0 Å². The summed E-state index contributed by atoms with van der Waals surface area (Å²) in [5.41, 5.74) is 1.73. The number of carbonyl (C=O) groups excluding carboxylic acids is 1. The van der Waals surface area contributed by atoms with Gasteiger partial charge in [-0.3, -0.25) is 9.89 Å². The Hall–Kier alpha value is -2.63. The van der Waals surface area contributed by atoms with E-state index in [2.05, 4.69) is 20.2 Å². The molecule has 4 rings (SSSR count). The van der Waals surface area contributed by atoms with Crippen LogP contribution in [0.5, 0.6) is 0 Å². The highest BCUT2D eigenvalue weighted by Crippen LogP contribution is 2.31. The molecule has 1 aliphatic heterocycles. The quantitative estimate of drug-likeness (QED) is 0.763. The van der Waals surface area contributed by atoms with E-state index in [4.69, 9.17) is 0 Å². The number of nitrogens with one attached hydrogen (secondary N) is 2. The van der Waals surface area contributed by atoms with Crippen LogP contribution in [-0.4, -0.2) is 37.5 Å². The SMILES string of the molecule is O=C(c1cccc2[nH]ccc12)N1CCCC[C@@H]1c1ncn[nH]1. The maximum atomic E-state index is 13.1. The van der Waals surface area contributed by atoms with E-state index in [1.165, 1.54) is 6.33 Å². The standard InChI is InChI=1S/C16H17N5O/c22-16(12-4-3-5-13-11(12)7-8-17-13)21-9-2-1-6-14(21)15-18-10-19-20-15/h3-5,7-8,10,14,17H,1-2,6,9H2,(H,18,19,20)/t14-/m1/s1. The minimum atomic E-state index is -0.0158. The van der Waals surface area contributed by atoms with Gasteiger partial charge in [0, 0.05) is 29.2 Å². The first-order chi connectivity index (χ1) is 10.8. The molecule has 1 aromatic carbocycles. The van der Waals surface area contributed by atoms with E-state index in [-0.39, 0.29) is 11.9 Å². The molecule has 1 fully saturated rings. The zero-order valence-corrected chi connectivity index (χ0v) is 12.1. The number of piperidine rings is 1. The second kappa shape index (κ2) is 5.29. The molecular formula is C16H17N5O. The van der Waals surface area contributed by atoms with Gasteiger partial charge < -0.3 is 9.88 Å². The number of hydrogen-bond donors (Lipinski definition) is 2. The molecular weight excluding hydrogens is 278 g/mol. The average molecular weight is 295 g/mol. The van der Waals surface area contributed by atoms with Crippen molar-refractivity contribution in [3.05, 3.63) is 48.2 Å². The van der Waals surface area contributed by atoms with E-state index in [0.717, 1.165) is 48.1 Å². The summed E-state index contributed by atoms with van der Waals surface area (Å²) >= 11 is 0. The smallest absolute Gasteiger partial charge is 0.255 e. The number of H-pyrrole nitrogens is 2. The van der Waals surface area contributed by atoms with Crippen molar-refractivity contribution in [2.24, 2.45) is 0 Å². The third kappa shape index (κ3) is 2.07. The van der Waals surface area contributed by atoms with Crippen molar-refractivity contribution in [3.8, 4) is 0 Å². The fourth-order valence-electron chi connectivity index (χ4n) is 3.26. The van der Waals surface area contributed by atoms with Crippen LogP contribution in [0.3, 0.4) is 0 Å². The number of nitrogens with zero attached hydrogens (tertiary/aromatic N) is 3. The Morgan fingerprint density at radius 2 is 2.23 bits per heavy atom. The van der Waals surface area contributed by atoms with Crippen molar-refractivity contribution < 1.29 is 4.79 Å².